The molecule has 2 nitrogen and oxygen atoms in total. The maximum absolute atomic E-state index is 6.83. The number of nitrogens with zero attached hydrogens (tertiary/aromatic N) is 1. The lowest BCUT2D eigenvalue weighted by Gasteiger charge is -2.27. The number of hydrogen-bond donors (Lipinski definition) is 0. The molecule has 1 heterocycles. The summed E-state index contributed by atoms with van der Waals surface area (Å²) in [6.45, 7) is 19.2. The van der Waals surface area contributed by atoms with Gasteiger partial charge < -0.3 is 9.32 Å². The van der Waals surface area contributed by atoms with Crippen molar-refractivity contribution in [1.29, 1.82) is 0 Å². The van der Waals surface area contributed by atoms with Crippen LogP contribution in [0.1, 0.15) is 99.9 Å². The molecule has 0 saturated carbocycles. The lowest BCUT2D eigenvalue weighted by molar-refractivity contribution is 0.652. The van der Waals surface area contributed by atoms with E-state index in [0.717, 1.165) is 39.0 Å². The highest BCUT2D eigenvalue weighted by Gasteiger charge is 2.43. The number of furan rings is 1. The summed E-state index contributed by atoms with van der Waals surface area (Å²) >= 11 is 0. The largest absolute Gasteiger partial charge is 0.454 e. The van der Waals surface area contributed by atoms with Gasteiger partial charge in [-0.3, -0.25) is 0 Å². The number of fused-ring (bicyclic) bond motifs is 17. The minimum absolute atomic E-state index is 0.0548. The fourth-order valence-electron chi connectivity index (χ4n) is 13.9. The van der Waals surface area contributed by atoms with Crippen LogP contribution >= 0.6 is 0 Å². The molecule has 336 valence electrons. The molecule has 0 aliphatic heterocycles. The minimum Gasteiger partial charge on any atom is -0.454 e. The van der Waals surface area contributed by atoms with Gasteiger partial charge in [-0.15, -0.1) is 0 Å². The summed E-state index contributed by atoms with van der Waals surface area (Å²) in [7, 11) is 0. The summed E-state index contributed by atoms with van der Waals surface area (Å²) in [6, 6.07) is 67.1. The average Bonchev–Trinajstić information content (AvgIpc) is 4.06. The first-order valence-electron chi connectivity index (χ1n) is 25.2. The third-order valence-corrected chi connectivity index (χ3v) is 17.8. The molecule has 0 amide bonds. The zero-order valence-electron chi connectivity index (χ0n) is 41.1. The molecule has 0 N–H and O–H groups in total. The van der Waals surface area contributed by atoms with E-state index < -0.39 is 0 Å². The Kier molecular flexibility index (Phi) is 7.55. The Balaban J connectivity index is 0.893. The van der Waals surface area contributed by atoms with E-state index >= 15 is 0 Å². The van der Waals surface area contributed by atoms with E-state index in [1.807, 2.05) is 0 Å². The molecular weight excluding hydrogens is 847 g/mol. The maximum atomic E-state index is 6.83. The van der Waals surface area contributed by atoms with Crippen LogP contribution in [-0.4, -0.2) is 0 Å². The van der Waals surface area contributed by atoms with E-state index in [1.165, 1.54) is 111 Å². The third-order valence-electron chi connectivity index (χ3n) is 17.8. The van der Waals surface area contributed by atoms with E-state index in [-0.39, 0.29) is 21.7 Å². The van der Waals surface area contributed by atoms with Gasteiger partial charge in [0.05, 0.1) is 5.69 Å². The molecule has 0 bridgehead atoms. The number of rotatable bonds is 3. The number of hydrogen-bond acceptors (Lipinski definition) is 2. The molecule has 0 atom stereocenters. The molecule has 0 spiro atoms. The topological polar surface area (TPSA) is 16.4 Å². The van der Waals surface area contributed by atoms with E-state index in [2.05, 4.69) is 236 Å². The molecule has 0 radical (unpaired) electrons. The van der Waals surface area contributed by atoms with Gasteiger partial charge in [-0.1, -0.05) is 146 Å². The van der Waals surface area contributed by atoms with Crippen molar-refractivity contribution in [3.05, 3.63) is 220 Å². The van der Waals surface area contributed by atoms with Crippen LogP contribution in [0.25, 0.3) is 88.0 Å². The summed E-state index contributed by atoms with van der Waals surface area (Å²) in [4.78, 5) is 2.43. The Morgan fingerprint density at radius 2 is 0.700 bits per heavy atom. The summed E-state index contributed by atoms with van der Waals surface area (Å²) in [5.41, 5.74) is 26.8. The number of benzene rings is 10. The standard InChI is InChI=1S/C68H53NO/c1-65(2)54-20-12-9-16-44(54)50-34-60-52(36-58(50)65)48-30-38-24-26-42(28-40(38)32-56(48)67(60,5)6)69(62-22-15-19-47-46-18-11-14-23-63(46)70-64(47)62)43-27-25-39-31-49-53-37-59-51(45-17-10-13-21-55(45)66(59,3)4)35-61(53)68(7,8)57(49)33-41(39)29-43/h9-37H,1-8H3. The molecule has 11 aromatic rings. The molecule has 2 heteroatoms. The molecule has 4 aliphatic carbocycles. The summed E-state index contributed by atoms with van der Waals surface area (Å²) in [5.74, 6) is 0. The first kappa shape index (κ1) is 40.2. The van der Waals surface area contributed by atoms with Crippen molar-refractivity contribution in [2.24, 2.45) is 0 Å². The predicted molar refractivity (Wildman–Crippen MR) is 294 cm³/mol. The van der Waals surface area contributed by atoms with Crippen LogP contribution < -0.4 is 4.90 Å². The van der Waals surface area contributed by atoms with Gasteiger partial charge in [0.25, 0.3) is 0 Å². The molecule has 0 fully saturated rings. The van der Waals surface area contributed by atoms with Gasteiger partial charge >= 0.3 is 0 Å². The average molecular weight is 900 g/mol. The van der Waals surface area contributed by atoms with Crippen molar-refractivity contribution in [2.45, 2.75) is 77.0 Å². The predicted octanol–water partition coefficient (Wildman–Crippen LogP) is 18.6. The van der Waals surface area contributed by atoms with E-state index in [0.29, 0.717) is 0 Å². The smallest absolute Gasteiger partial charge is 0.159 e. The molecule has 1 aromatic heterocycles. The molecule has 0 saturated heterocycles. The summed E-state index contributed by atoms with van der Waals surface area (Å²) < 4.78 is 6.83. The summed E-state index contributed by atoms with van der Waals surface area (Å²) in [6.07, 6.45) is 0. The van der Waals surface area contributed by atoms with Gasteiger partial charge in [0.1, 0.15) is 5.58 Å². The van der Waals surface area contributed by atoms with Gasteiger partial charge in [0, 0.05) is 43.8 Å². The van der Waals surface area contributed by atoms with Crippen molar-refractivity contribution in [3.8, 4) is 44.5 Å². The van der Waals surface area contributed by atoms with Crippen molar-refractivity contribution in [1.82, 2.24) is 0 Å². The second-order valence-electron chi connectivity index (χ2n) is 22.9. The lowest BCUT2D eigenvalue weighted by atomic mass is 9.79. The zero-order valence-corrected chi connectivity index (χ0v) is 41.1. The van der Waals surface area contributed by atoms with Gasteiger partial charge in [-0.25, -0.2) is 0 Å². The second-order valence-corrected chi connectivity index (χ2v) is 22.9. The third kappa shape index (κ3) is 5.04. The van der Waals surface area contributed by atoms with Crippen LogP contribution in [0, 0.1) is 0 Å². The fraction of sp³-hybridized carbons (Fsp3) is 0.176. The van der Waals surface area contributed by atoms with Crippen LogP contribution in [0.15, 0.2) is 180 Å². The first-order chi connectivity index (χ1) is 33.7. The Morgan fingerprint density at radius 1 is 0.300 bits per heavy atom. The SMILES string of the molecule is CC1(C)c2ccccc2-c2cc3c(cc21)-c1cc2ccc(N(c4ccc5cc6c(cc5c4)C(C)(C)c4cc5c(cc4-6)C(C)(C)c4ccccc4-5)c4cccc5c4oc4ccccc45)cc2cc1C3(C)C. The Morgan fingerprint density at radius 3 is 1.21 bits per heavy atom. The zero-order chi connectivity index (χ0) is 47.4. The highest BCUT2D eigenvalue weighted by Crippen LogP contribution is 2.59. The fourth-order valence-corrected chi connectivity index (χ4v) is 13.9. The lowest BCUT2D eigenvalue weighted by Crippen LogP contribution is -2.17. The van der Waals surface area contributed by atoms with E-state index in [9.17, 15) is 0 Å². The van der Waals surface area contributed by atoms with Crippen molar-refractivity contribution < 1.29 is 4.42 Å². The molecule has 0 unspecified atom stereocenters. The number of para-hydroxylation sites is 2. The van der Waals surface area contributed by atoms with Crippen LogP contribution in [-0.2, 0) is 21.7 Å². The molecule has 4 aliphatic rings. The Hall–Kier alpha value is -7.68. The maximum Gasteiger partial charge on any atom is 0.159 e. The highest BCUT2D eigenvalue weighted by molar-refractivity contribution is 6.11. The quantitative estimate of drug-likeness (QED) is 0.176. The number of anilines is 3. The van der Waals surface area contributed by atoms with Crippen LogP contribution in [0.2, 0.25) is 0 Å². The minimum atomic E-state index is -0.169. The molecular formula is C68H53NO. The van der Waals surface area contributed by atoms with Crippen LogP contribution in [0.4, 0.5) is 17.1 Å². The monoisotopic (exact) mass is 899 g/mol. The van der Waals surface area contributed by atoms with Gasteiger partial charge in [-0.2, -0.15) is 0 Å². The molecule has 10 aromatic carbocycles. The van der Waals surface area contributed by atoms with Gasteiger partial charge in [0.2, 0.25) is 0 Å². The van der Waals surface area contributed by atoms with Crippen molar-refractivity contribution in [3.63, 3.8) is 0 Å². The van der Waals surface area contributed by atoms with Crippen molar-refractivity contribution in [2.75, 3.05) is 4.90 Å². The Labute approximate surface area is 409 Å². The van der Waals surface area contributed by atoms with Crippen LogP contribution in [0.5, 0.6) is 0 Å². The Bertz CT molecular complexity index is 3970. The van der Waals surface area contributed by atoms with Gasteiger partial charge in [0.15, 0.2) is 5.58 Å². The van der Waals surface area contributed by atoms with Crippen LogP contribution in [0.3, 0.4) is 0 Å². The summed E-state index contributed by atoms with van der Waals surface area (Å²) in [5, 5.41) is 7.18. The first-order valence-corrected chi connectivity index (χ1v) is 25.2. The van der Waals surface area contributed by atoms with Gasteiger partial charge in [-0.05, 0) is 195 Å². The highest BCUT2D eigenvalue weighted by atomic mass is 16.3. The normalized spacial score (nSPS) is 16.5. The molecule has 15 rings (SSSR count). The second kappa shape index (κ2) is 13.1. The van der Waals surface area contributed by atoms with E-state index in [4.69, 9.17) is 4.42 Å². The van der Waals surface area contributed by atoms with E-state index in [1.54, 1.807) is 0 Å². The molecule has 70 heavy (non-hydrogen) atoms. The van der Waals surface area contributed by atoms with Crippen molar-refractivity contribution >= 4 is 60.5 Å².